The van der Waals surface area contributed by atoms with Gasteiger partial charge in [-0.2, -0.15) is 0 Å². The number of rotatable bonds is 4. The number of hydrogen-bond donors (Lipinski definition) is 1. The monoisotopic (exact) mass is 341 g/mol. The molecule has 132 valence electrons. The van der Waals surface area contributed by atoms with Crippen LogP contribution >= 0.6 is 0 Å². The molecule has 0 saturated carbocycles. The predicted molar refractivity (Wildman–Crippen MR) is 95.7 cm³/mol. The van der Waals surface area contributed by atoms with Crippen LogP contribution in [0.5, 0.6) is 0 Å². The number of amides is 3. The average molecular weight is 341 g/mol. The minimum Gasteiger partial charge on any atom is -0.341 e. The molecule has 1 saturated heterocycles. The third kappa shape index (κ3) is 3.22. The van der Waals surface area contributed by atoms with Crippen molar-refractivity contribution in [2.24, 2.45) is 4.99 Å². The molecule has 7 nitrogen and oxygen atoms in total. The van der Waals surface area contributed by atoms with Gasteiger partial charge in [-0.05, 0) is 12.5 Å². The van der Waals surface area contributed by atoms with Crippen LogP contribution < -0.4 is 5.32 Å². The molecule has 1 aromatic rings. The molecule has 3 rings (SSSR count). The zero-order valence-corrected chi connectivity index (χ0v) is 14.8. The van der Waals surface area contributed by atoms with Crippen LogP contribution in [0.25, 0.3) is 0 Å². The van der Waals surface area contributed by atoms with Gasteiger partial charge >= 0.3 is 6.03 Å². The van der Waals surface area contributed by atoms with E-state index in [0.717, 1.165) is 11.1 Å². The molecule has 2 aliphatic heterocycles. The van der Waals surface area contributed by atoms with Crippen molar-refractivity contribution in [3.63, 3.8) is 0 Å². The molecule has 2 aliphatic rings. The highest BCUT2D eigenvalue weighted by Gasteiger charge is 2.49. The van der Waals surface area contributed by atoms with E-state index in [-0.39, 0.29) is 5.91 Å². The van der Waals surface area contributed by atoms with Gasteiger partial charge in [0.05, 0.1) is 0 Å². The Morgan fingerprint density at radius 1 is 1.32 bits per heavy atom. The number of imide groups is 1. The SMILES string of the molecule is C=C(C)CN1C(N(C)Cc2ccccc2)=NC2C1C(=O)NC(=O)N2C. The summed E-state index contributed by atoms with van der Waals surface area (Å²) < 4.78 is 0. The fourth-order valence-corrected chi connectivity index (χ4v) is 3.22. The summed E-state index contributed by atoms with van der Waals surface area (Å²) in [7, 11) is 3.59. The number of benzene rings is 1. The van der Waals surface area contributed by atoms with Crippen LogP contribution in [-0.2, 0) is 11.3 Å². The van der Waals surface area contributed by atoms with Crippen molar-refractivity contribution in [3.05, 3.63) is 48.0 Å². The second kappa shape index (κ2) is 6.58. The number of nitrogens with one attached hydrogen (secondary N) is 1. The quantitative estimate of drug-likeness (QED) is 0.837. The molecule has 2 heterocycles. The minimum atomic E-state index is -0.535. The summed E-state index contributed by atoms with van der Waals surface area (Å²) in [5.41, 5.74) is 2.07. The van der Waals surface area contributed by atoms with E-state index in [1.807, 2.05) is 54.1 Å². The smallest absolute Gasteiger partial charge is 0.325 e. The number of fused-ring (bicyclic) bond motifs is 1. The molecule has 1 N–H and O–H groups in total. The maximum atomic E-state index is 12.4. The van der Waals surface area contributed by atoms with Gasteiger partial charge in [-0.3, -0.25) is 10.1 Å². The molecule has 0 aliphatic carbocycles. The van der Waals surface area contributed by atoms with E-state index in [0.29, 0.717) is 19.0 Å². The molecule has 2 atom stereocenters. The predicted octanol–water partition coefficient (Wildman–Crippen LogP) is 1.24. The van der Waals surface area contributed by atoms with Crippen molar-refractivity contribution in [1.29, 1.82) is 0 Å². The van der Waals surface area contributed by atoms with Crippen LogP contribution in [-0.4, -0.2) is 65.4 Å². The number of carbonyl (C=O) groups is 2. The average Bonchev–Trinajstić information content (AvgIpc) is 2.93. The molecule has 0 radical (unpaired) electrons. The van der Waals surface area contributed by atoms with E-state index in [9.17, 15) is 9.59 Å². The number of hydrogen-bond acceptors (Lipinski definition) is 5. The summed E-state index contributed by atoms with van der Waals surface area (Å²) in [6.45, 7) is 7.05. The van der Waals surface area contributed by atoms with Crippen molar-refractivity contribution >= 4 is 17.9 Å². The highest BCUT2D eigenvalue weighted by Crippen LogP contribution is 2.26. The number of guanidine groups is 1. The standard InChI is InChI=1S/C18H23N5O2/c1-12(2)10-23-14-15(22(4)18(25)20-16(14)24)19-17(23)21(3)11-13-8-6-5-7-9-13/h5-9,14-15H,1,10-11H2,2-4H3,(H,20,24,25). The Labute approximate surface area is 147 Å². The third-order valence-electron chi connectivity index (χ3n) is 4.38. The van der Waals surface area contributed by atoms with Crippen LogP contribution in [0.4, 0.5) is 4.79 Å². The van der Waals surface area contributed by atoms with Gasteiger partial charge in [0.1, 0.15) is 0 Å². The molecule has 3 amide bonds. The topological polar surface area (TPSA) is 68.2 Å². The van der Waals surface area contributed by atoms with E-state index in [1.165, 1.54) is 4.90 Å². The van der Waals surface area contributed by atoms with Crippen LogP contribution in [0.3, 0.4) is 0 Å². The van der Waals surface area contributed by atoms with Gasteiger partial charge in [-0.25, -0.2) is 9.79 Å². The number of urea groups is 1. The van der Waals surface area contributed by atoms with E-state index >= 15 is 0 Å². The molecule has 2 unspecified atom stereocenters. The van der Waals surface area contributed by atoms with Gasteiger partial charge in [0.15, 0.2) is 18.2 Å². The van der Waals surface area contributed by atoms with Crippen molar-refractivity contribution in [2.45, 2.75) is 25.7 Å². The molecule has 7 heteroatoms. The molecule has 0 bridgehead atoms. The number of carbonyl (C=O) groups excluding carboxylic acids is 2. The maximum absolute atomic E-state index is 12.4. The first-order chi connectivity index (χ1) is 11.9. The van der Waals surface area contributed by atoms with E-state index in [2.05, 4.69) is 11.9 Å². The van der Waals surface area contributed by atoms with Gasteiger partial charge in [0.2, 0.25) is 0 Å². The van der Waals surface area contributed by atoms with Gasteiger partial charge in [-0.15, -0.1) is 0 Å². The third-order valence-corrected chi connectivity index (χ3v) is 4.38. The molecule has 25 heavy (non-hydrogen) atoms. The van der Waals surface area contributed by atoms with Crippen molar-refractivity contribution in [2.75, 3.05) is 20.6 Å². The summed E-state index contributed by atoms with van der Waals surface area (Å²) in [6, 6.07) is 9.10. The summed E-state index contributed by atoms with van der Waals surface area (Å²) in [6.07, 6.45) is -0.520. The lowest BCUT2D eigenvalue weighted by Crippen LogP contribution is -2.64. The Morgan fingerprint density at radius 3 is 2.64 bits per heavy atom. The molecule has 0 spiro atoms. The second-order valence-electron chi connectivity index (χ2n) is 6.62. The van der Waals surface area contributed by atoms with Gasteiger partial charge in [0.25, 0.3) is 5.91 Å². The Hall–Kier alpha value is -2.83. The summed E-state index contributed by atoms with van der Waals surface area (Å²) in [4.78, 5) is 34.4. The molecule has 1 aromatic carbocycles. The van der Waals surface area contributed by atoms with Crippen molar-refractivity contribution in [1.82, 2.24) is 20.0 Å². The first-order valence-corrected chi connectivity index (χ1v) is 8.20. The van der Waals surface area contributed by atoms with Crippen LogP contribution in [0.15, 0.2) is 47.5 Å². The highest BCUT2D eigenvalue weighted by molar-refractivity contribution is 6.03. The van der Waals surface area contributed by atoms with Gasteiger partial charge < -0.3 is 14.7 Å². The fraction of sp³-hybridized carbons (Fsp3) is 0.389. The van der Waals surface area contributed by atoms with E-state index < -0.39 is 18.2 Å². The van der Waals surface area contributed by atoms with Gasteiger partial charge in [-0.1, -0.05) is 42.5 Å². The first kappa shape index (κ1) is 17.0. The van der Waals surface area contributed by atoms with Crippen molar-refractivity contribution in [3.8, 4) is 0 Å². The highest BCUT2D eigenvalue weighted by atomic mass is 16.2. The number of aliphatic imine (C=N–C) groups is 1. The lowest BCUT2D eigenvalue weighted by molar-refractivity contribution is -0.127. The Bertz CT molecular complexity index is 730. The molecule has 0 aromatic heterocycles. The van der Waals surface area contributed by atoms with Crippen LogP contribution in [0.1, 0.15) is 12.5 Å². The summed E-state index contributed by atoms with van der Waals surface area (Å²) in [5.74, 6) is 0.375. The molecule has 1 fully saturated rings. The Morgan fingerprint density at radius 2 is 2.00 bits per heavy atom. The number of likely N-dealkylation sites (N-methyl/N-ethyl adjacent to an activating group) is 1. The van der Waals surface area contributed by atoms with E-state index in [4.69, 9.17) is 4.99 Å². The van der Waals surface area contributed by atoms with Crippen molar-refractivity contribution < 1.29 is 9.59 Å². The largest absolute Gasteiger partial charge is 0.341 e. The van der Waals surface area contributed by atoms with Crippen LogP contribution in [0, 0.1) is 0 Å². The lowest BCUT2D eigenvalue weighted by atomic mass is 10.1. The zero-order valence-electron chi connectivity index (χ0n) is 14.8. The Kier molecular flexibility index (Phi) is 4.48. The summed E-state index contributed by atoms with van der Waals surface area (Å²) in [5, 5.41) is 2.40. The first-order valence-electron chi connectivity index (χ1n) is 8.20. The zero-order chi connectivity index (χ0) is 18.1. The molecular formula is C18H23N5O2. The van der Waals surface area contributed by atoms with E-state index in [1.54, 1.807) is 7.05 Å². The second-order valence-corrected chi connectivity index (χ2v) is 6.62. The Balaban J connectivity index is 1.90. The fourth-order valence-electron chi connectivity index (χ4n) is 3.22. The lowest BCUT2D eigenvalue weighted by Gasteiger charge is -2.37. The molecular weight excluding hydrogens is 318 g/mol. The maximum Gasteiger partial charge on any atom is 0.325 e. The summed E-state index contributed by atoms with van der Waals surface area (Å²) >= 11 is 0. The normalized spacial score (nSPS) is 22.4. The number of nitrogens with zero attached hydrogens (tertiary/aromatic N) is 4. The minimum absolute atomic E-state index is 0.318. The van der Waals surface area contributed by atoms with Crippen LogP contribution in [0.2, 0.25) is 0 Å². The van der Waals surface area contributed by atoms with Gasteiger partial charge in [0, 0.05) is 27.2 Å².